The maximum Gasteiger partial charge on any atom is 0.184 e. The predicted molar refractivity (Wildman–Crippen MR) is 76.0 cm³/mol. The molecule has 0 atom stereocenters. The summed E-state index contributed by atoms with van der Waals surface area (Å²) in [7, 11) is -3.17. The molecule has 3 rings (SSSR count). The summed E-state index contributed by atoms with van der Waals surface area (Å²) in [5, 5.41) is 9.17. The SMILES string of the molecule is CS(=O)(=O)c1ccc(-c2csc(-c3ncn[nH]3)n2)cc1. The number of aromatic nitrogens is 4. The molecule has 0 aliphatic carbocycles. The van der Waals surface area contributed by atoms with E-state index in [-0.39, 0.29) is 0 Å². The Balaban J connectivity index is 1.94. The standard InChI is InChI=1S/C12H10N4O2S2/c1-20(17,18)9-4-2-8(3-5-9)10-6-19-12(15-10)11-13-7-14-16-11/h2-7H,1H3,(H,13,14,16). The van der Waals surface area contributed by atoms with Gasteiger partial charge in [0.25, 0.3) is 0 Å². The van der Waals surface area contributed by atoms with E-state index in [1.165, 1.54) is 23.9 Å². The van der Waals surface area contributed by atoms with E-state index in [9.17, 15) is 8.42 Å². The second-order valence-corrected chi connectivity index (χ2v) is 7.04. The van der Waals surface area contributed by atoms with Crippen molar-refractivity contribution in [3.8, 4) is 22.1 Å². The molecule has 6 nitrogen and oxygen atoms in total. The van der Waals surface area contributed by atoms with E-state index in [0.717, 1.165) is 16.3 Å². The first-order valence-electron chi connectivity index (χ1n) is 5.66. The van der Waals surface area contributed by atoms with Gasteiger partial charge in [0, 0.05) is 17.2 Å². The van der Waals surface area contributed by atoms with Gasteiger partial charge < -0.3 is 0 Å². The summed E-state index contributed by atoms with van der Waals surface area (Å²) in [6.07, 6.45) is 2.62. The number of hydrogen-bond donors (Lipinski definition) is 1. The Bertz CT molecular complexity index is 821. The van der Waals surface area contributed by atoms with Gasteiger partial charge in [0.2, 0.25) is 0 Å². The smallest absolute Gasteiger partial charge is 0.184 e. The molecule has 20 heavy (non-hydrogen) atoms. The Hall–Kier alpha value is -2.06. The summed E-state index contributed by atoms with van der Waals surface area (Å²) < 4.78 is 22.8. The van der Waals surface area contributed by atoms with E-state index in [1.54, 1.807) is 24.3 Å². The molecule has 0 aliphatic rings. The minimum atomic E-state index is -3.17. The second-order valence-electron chi connectivity index (χ2n) is 4.17. The fraction of sp³-hybridized carbons (Fsp3) is 0.0833. The first-order valence-corrected chi connectivity index (χ1v) is 8.43. The summed E-state index contributed by atoms with van der Waals surface area (Å²) in [4.78, 5) is 8.79. The van der Waals surface area contributed by atoms with Gasteiger partial charge in [-0.3, -0.25) is 5.10 Å². The number of H-pyrrole nitrogens is 1. The first-order chi connectivity index (χ1) is 9.54. The van der Waals surface area contributed by atoms with Gasteiger partial charge >= 0.3 is 0 Å². The van der Waals surface area contributed by atoms with Crippen molar-refractivity contribution in [1.82, 2.24) is 20.2 Å². The van der Waals surface area contributed by atoms with Crippen molar-refractivity contribution in [2.45, 2.75) is 4.90 Å². The average Bonchev–Trinajstić information content (AvgIpc) is 3.09. The highest BCUT2D eigenvalue weighted by Crippen LogP contribution is 2.27. The number of benzene rings is 1. The minimum absolute atomic E-state index is 0.298. The van der Waals surface area contributed by atoms with Crippen LogP contribution in [0.3, 0.4) is 0 Å². The monoisotopic (exact) mass is 306 g/mol. The molecule has 0 amide bonds. The fourth-order valence-corrected chi connectivity index (χ4v) is 3.10. The lowest BCUT2D eigenvalue weighted by Gasteiger charge is -2.00. The molecule has 0 unspecified atom stereocenters. The zero-order chi connectivity index (χ0) is 14.2. The van der Waals surface area contributed by atoms with E-state index in [4.69, 9.17) is 0 Å². The van der Waals surface area contributed by atoms with Crippen molar-refractivity contribution in [3.05, 3.63) is 36.0 Å². The first kappa shape index (κ1) is 12.9. The summed E-state index contributed by atoms with van der Waals surface area (Å²) in [6, 6.07) is 6.65. The van der Waals surface area contributed by atoms with E-state index in [2.05, 4.69) is 20.2 Å². The number of sulfone groups is 1. The molecule has 102 valence electrons. The van der Waals surface area contributed by atoms with Crippen LogP contribution in [-0.4, -0.2) is 34.8 Å². The van der Waals surface area contributed by atoms with Gasteiger partial charge in [-0.15, -0.1) is 11.3 Å². The Labute approximate surface area is 119 Å². The van der Waals surface area contributed by atoms with Gasteiger partial charge in [0.15, 0.2) is 20.7 Å². The summed E-state index contributed by atoms with van der Waals surface area (Å²) in [5.74, 6) is 0.619. The number of nitrogens with one attached hydrogen (secondary N) is 1. The third-order valence-corrected chi connectivity index (χ3v) is 4.68. The average molecular weight is 306 g/mol. The lowest BCUT2D eigenvalue weighted by atomic mass is 10.2. The summed E-state index contributed by atoms with van der Waals surface area (Å²) in [6.45, 7) is 0. The van der Waals surface area contributed by atoms with Crippen molar-refractivity contribution in [3.63, 3.8) is 0 Å². The van der Waals surface area contributed by atoms with Crippen LogP contribution in [0.15, 0.2) is 40.9 Å². The quantitative estimate of drug-likeness (QED) is 0.799. The van der Waals surface area contributed by atoms with E-state index >= 15 is 0 Å². The van der Waals surface area contributed by atoms with Crippen LogP contribution in [0.2, 0.25) is 0 Å². The van der Waals surface area contributed by atoms with Crippen molar-refractivity contribution >= 4 is 21.2 Å². The van der Waals surface area contributed by atoms with Gasteiger partial charge in [0.05, 0.1) is 10.6 Å². The fourth-order valence-electron chi connectivity index (χ4n) is 1.70. The van der Waals surface area contributed by atoms with E-state index < -0.39 is 9.84 Å². The molecule has 0 saturated carbocycles. The topological polar surface area (TPSA) is 88.6 Å². The van der Waals surface area contributed by atoms with Gasteiger partial charge in [0.1, 0.15) is 6.33 Å². The zero-order valence-electron chi connectivity index (χ0n) is 10.4. The molecule has 3 aromatic rings. The van der Waals surface area contributed by atoms with Crippen LogP contribution >= 0.6 is 11.3 Å². The summed E-state index contributed by atoms with van der Waals surface area (Å²) in [5.41, 5.74) is 1.64. The van der Waals surface area contributed by atoms with Crippen LogP contribution < -0.4 is 0 Å². The molecule has 8 heteroatoms. The largest absolute Gasteiger partial charge is 0.257 e. The van der Waals surface area contributed by atoms with Gasteiger partial charge in [-0.2, -0.15) is 5.10 Å². The third kappa shape index (κ3) is 2.47. The Kier molecular flexibility index (Phi) is 3.11. The Morgan fingerprint density at radius 1 is 1.20 bits per heavy atom. The molecule has 0 spiro atoms. The molecular formula is C12H10N4O2S2. The molecule has 0 bridgehead atoms. The van der Waals surface area contributed by atoms with Crippen LogP contribution in [0.4, 0.5) is 0 Å². The highest BCUT2D eigenvalue weighted by atomic mass is 32.2. The molecule has 0 saturated heterocycles. The number of nitrogens with zero attached hydrogens (tertiary/aromatic N) is 3. The van der Waals surface area contributed by atoms with Gasteiger partial charge in [-0.25, -0.2) is 18.4 Å². The van der Waals surface area contributed by atoms with Crippen LogP contribution in [-0.2, 0) is 9.84 Å². The van der Waals surface area contributed by atoms with Gasteiger partial charge in [-0.05, 0) is 12.1 Å². The molecule has 2 heterocycles. The molecular weight excluding hydrogens is 296 g/mol. The van der Waals surface area contributed by atoms with Crippen LogP contribution in [0.1, 0.15) is 0 Å². The van der Waals surface area contributed by atoms with Crippen molar-refractivity contribution < 1.29 is 8.42 Å². The van der Waals surface area contributed by atoms with Crippen molar-refractivity contribution in [2.75, 3.05) is 6.26 Å². The normalized spacial score (nSPS) is 11.7. The number of thiazole rings is 1. The van der Waals surface area contributed by atoms with Crippen LogP contribution in [0.25, 0.3) is 22.1 Å². The lowest BCUT2D eigenvalue weighted by molar-refractivity contribution is 0.602. The maximum atomic E-state index is 11.4. The van der Waals surface area contributed by atoms with Crippen LogP contribution in [0, 0.1) is 0 Å². The second kappa shape index (κ2) is 4.80. The molecule has 1 N–H and O–H groups in total. The lowest BCUT2D eigenvalue weighted by Crippen LogP contribution is -1.96. The van der Waals surface area contributed by atoms with E-state index in [0.29, 0.717) is 10.7 Å². The predicted octanol–water partition coefficient (Wildman–Crippen LogP) is 2.00. The molecule has 1 aromatic carbocycles. The number of hydrogen-bond acceptors (Lipinski definition) is 6. The molecule has 0 fully saturated rings. The van der Waals surface area contributed by atoms with Crippen molar-refractivity contribution in [1.29, 1.82) is 0 Å². The number of rotatable bonds is 3. The van der Waals surface area contributed by atoms with Gasteiger partial charge in [-0.1, -0.05) is 12.1 Å². The maximum absolute atomic E-state index is 11.4. The Morgan fingerprint density at radius 2 is 1.95 bits per heavy atom. The molecule has 0 aliphatic heterocycles. The number of aromatic amines is 1. The zero-order valence-corrected chi connectivity index (χ0v) is 12.1. The molecule has 2 aromatic heterocycles. The third-order valence-electron chi connectivity index (χ3n) is 2.70. The van der Waals surface area contributed by atoms with E-state index in [1.807, 2.05) is 5.38 Å². The van der Waals surface area contributed by atoms with Crippen LogP contribution in [0.5, 0.6) is 0 Å². The highest BCUT2D eigenvalue weighted by molar-refractivity contribution is 7.90. The Morgan fingerprint density at radius 3 is 2.55 bits per heavy atom. The van der Waals surface area contributed by atoms with Crippen molar-refractivity contribution in [2.24, 2.45) is 0 Å². The minimum Gasteiger partial charge on any atom is -0.257 e. The molecule has 0 radical (unpaired) electrons. The highest BCUT2D eigenvalue weighted by Gasteiger charge is 2.10. The summed E-state index contributed by atoms with van der Waals surface area (Å²) >= 11 is 1.45.